The Kier molecular flexibility index (Phi) is 15.4. The van der Waals surface area contributed by atoms with Gasteiger partial charge in [-0.25, -0.2) is 9.37 Å². The van der Waals surface area contributed by atoms with E-state index in [0.717, 1.165) is 87.3 Å². The number of aryl methyl sites for hydroxylation is 1. The van der Waals surface area contributed by atoms with Crippen LogP contribution in [0.2, 0.25) is 0 Å². The number of aromatic amines is 2. The maximum atomic E-state index is 16.3. The van der Waals surface area contributed by atoms with Gasteiger partial charge in [-0.1, -0.05) is 38.1 Å². The second-order valence-electron chi connectivity index (χ2n) is 25.0. The summed E-state index contributed by atoms with van der Waals surface area (Å²) < 4.78 is 43.7. The Morgan fingerprint density at radius 3 is 2.53 bits per heavy atom. The fourth-order valence-electron chi connectivity index (χ4n) is 13.5. The van der Waals surface area contributed by atoms with Crippen LogP contribution in [-0.2, 0) is 27.5 Å². The molecule has 5 aliphatic rings. The number of carbonyl (C=O) groups excluding carboxylic acids is 2. The van der Waals surface area contributed by atoms with Gasteiger partial charge in [-0.15, -0.1) is 11.3 Å². The number of carbonyl (C=O) groups is 2. The van der Waals surface area contributed by atoms with Gasteiger partial charge in [0.25, 0.3) is 5.56 Å². The second-order valence-corrected chi connectivity index (χ2v) is 25.8. The number of aliphatic hydroxyl groups is 1. The van der Waals surface area contributed by atoms with E-state index in [2.05, 4.69) is 41.8 Å². The van der Waals surface area contributed by atoms with Gasteiger partial charge >= 0.3 is 6.01 Å². The summed E-state index contributed by atoms with van der Waals surface area (Å²) in [5.41, 5.74) is 9.42. The number of pyridine rings is 1. The predicted octanol–water partition coefficient (Wildman–Crippen LogP) is 8.22. The van der Waals surface area contributed by atoms with Gasteiger partial charge in [-0.2, -0.15) is 20.2 Å². The van der Waals surface area contributed by atoms with Crippen LogP contribution in [-0.4, -0.2) is 157 Å². The number of ether oxygens (including phenoxy) is 4. The monoisotopic (exact) mass is 1210 g/mol. The number of benzene rings is 4. The number of piperazine rings is 1. The number of nitrogens with zero attached hydrogens (tertiary/aromatic N) is 9. The molecule has 1 saturated carbocycles. The van der Waals surface area contributed by atoms with Crippen LogP contribution in [0.4, 0.5) is 10.2 Å². The van der Waals surface area contributed by atoms with Crippen molar-refractivity contribution in [1.82, 2.24) is 60.3 Å². The minimum Gasteiger partial charge on any atom is -0.492 e. The molecule has 4 saturated heterocycles. The first-order valence-corrected chi connectivity index (χ1v) is 31.5. The summed E-state index contributed by atoms with van der Waals surface area (Å²) in [6, 6.07) is 14.2. The molecule has 0 spiro atoms. The van der Waals surface area contributed by atoms with Crippen molar-refractivity contribution in [1.29, 1.82) is 0 Å². The number of rotatable bonds is 19. The normalized spacial score (nSPS) is 20.0. The van der Waals surface area contributed by atoms with Gasteiger partial charge < -0.3 is 54.4 Å². The number of amides is 2. The zero-order chi connectivity index (χ0) is 60.6. The van der Waals surface area contributed by atoms with Crippen molar-refractivity contribution in [3.8, 4) is 39.1 Å². The number of β-amino-alcohol motifs (C(OH)–C–C–N with tert-alkyl or cyclic N) is 1. The highest BCUT2D eigenvalue weighted by atomic mass is 32.1. The molecule has 9 heterocycles. The third-order valence-corrected chi connectivity index (χ3v) is 19.2. The Labute approximate surface area is 510 Å². The van der Waals surface area contributed by atoms with Gasteiger partial charge in [0, 0.05) is 114 Å². The van der Waals surface area contributed by atoms with Gasteiger partial charge in [0.1, 0.15) is 54.3 Å². The molecule has 9 aromatic rings. The second kappa shape index (κ2) is 23.5. The van der Waals surface area contributed by atoms with E-state index in [-0.39, 0.29) is 67.4 Å². The first-order chi connectivity index (χ1) is 42.6. The van der Waals surface area contributed by atoms with Crippen molar-refractivity contribution >= 4 is 72.6 Å². The van der Waals surface area contributed by atoms with Gasteiger partial charge in [0.2, 0.25) is 11.8 Å². The number of H-pyrrole nitrogens is 2. The lowest BCUT2D eigenvalue weighted by atomic mass is 9.88. The van der Waals surface area contributed by atoms with Crippen LogP contribution in [0.3, 0.4) is 0 Å². The Morgan fingerprint density at radius 1 is 0.943 bits per heavy atom. The number of nitrogens with one attached hydrogen (secondary N) is 4. The summed E-state index contributed by atoms with van der Waals surface area (Å²) in [7, 11) is 3.95. The highest BCUT2D eigenvalue weighted by Crippen LogP contribution is 2.54. The van der Waals surface area contributed by atoms with Gasteiger partial charge in [-0.05, 0) is 106 Å². The summed E-state index contributed by atoms with van der Waals surface area (Å²) in [4.78, 5) is 68.2. The average Bonchev–Trinajstić information content (AvgIpc) is 1.31. The summed E-state index contributed by atoms with van der Waals surface area (Å²) in [5.74, 6) is 0.551. The summed E-state index contributed by atoms with van der Waals surface area (Å²) in [6.45, 7) is 11.6. The van der Waals surface area contributed by atoms with Crippen LogP contribution < -0.4 is 35.3 Å². The van der Waals surface area contributed by atoms with E-state index in [9.17, 15) is 19.5 Å². The van der Waals surface area contributed by atoms with Crippen molar-refractivity contribution in [3.63, 3.8) is 0 Å². The van der Waals surface area contributed by atoms with Gasteiger partial charge in [-0.3, -0.25) is 24.2 Å². The fourth-order valence-corrected chi connectivity index (χ4v) is 14.3. The van der Waals surface area contributed by atoms with Crippen LogP contribution in [0.5, 0.6) is 17.5 Å². The Morgan fingerprint density at radius 2 is 1.78 bits per heavy atom. The van der Waals surface area contributed by atoms with Crippen LogP contribution in [0, 0.1) is 25.6 Å². The highest BCUT2D eigenvalue weighted by Gasteiger charge is 2.44. The standard InChI is InChI=1S/C65H72FN13O8S/c1-33(2)58(64(83)78-29-42(80)22-52(78)62(81)68-25-39-11-10-38(60-35(4)69-32-88-60)20-53(39)85-18-15-76(5)6)79-30-48-44-12-7-36(19-50(44)71-63(82)57(48)75-79)31-86-59-55(54-34(3)49(66)24-51-47(54)27-70-74-51)45(37-8-9-37)23-46-56(59)72-65(87-43-13-16-84-17-14-43)73-61(46)77-28-40-21-41(77)26-67-40/h7,10-12,19-20,23-24,27,30,32-33,37,40-43,52,58,67,80H,8-9,13-18,21-22,25-26,28-29,31H2,1-6H3,(H,68,81)(H,70,74)(H,71,82)/t40-,41-,42+,52-,58-/m0/s1. The topological polar surface area (TPSA) is 243 Å². The van der Waals surface area contributed by atoms with E-state index < -0.39 is 35.6 Å². The SMILES string of the molecule is Cc1ncsc1-c1ccc(CNC(=O)[C@@H]2C[C@@H](O)CN2C(=O)[C@H](C(C)C)n2cc3c(n2)c(=O)[nH]c2cc(COc4c(-c5c(C)c(F)cc6[nH]ncc56)c(C5CC5)cc5c(N6C[C@@H]7C[C@H]6CN7)nc(OC6CCOCC6)nc45)ccc23)c(OCCN(C)C)c1. The minimum atomic E-state index is -0.967. The number of thiazole rings is 1. The van der Waals surface area contributed by atoms with Crippen LogP contribution in [0.15, 0.2) is 71.2 Å². The van der Waals surface area contributed by atoms with Crippen molar-refractivity contribution in [2.45, 2.75) is 122 Å². The number of fused-ring (bicyclic) bond motifs is 7. The molecular weight excluding hydrogens is 1140 g/mol. The van der Waals surface area contributed by atoms with E-state index in [1.807, 2.05) is 81.7 Å². The smallest absolute Gasteiger partial charge is 0.319 e. The van der Waals surface area contributed by atoms with E-state index in [4.69, 9.17) is 34.0 Å². The van der Waals surface area contributed by atoms with Crippen molar-refractivity contribution < 1.29 is 38.0 Å². The zero-order valence-electron chi connectivity index (χ0n) is 50.2. The molecule has 1 aliphatic carbocycles. The third-order valence-electron chi connectivity index (χ3n) is 18.2. The lowest BCUT2D eigenvalue weighted by molar-refractivity contribution is -0.142. The molecule has 4 aliphatic heterocycles. The molecule has 0 radical (unpaired) electrons. The molecule has 5 N–H and O–H groups in total. The van der Waals surface area contributed by atoms with Crippen molar-refractivity contribution in [3.05, 3.63) is 111 Å². The third kappa shape index (κ3) is 10.9. The maximum absolute atomic E-state index is 16.3. The van der Waals surface area contributed by atoms with Gasteiger partial charge in [0.05, 0.1) is 47.1 Å². The lowest BCUT2D eigenvalue weighted by Crippen LogP contribution is -2.49. The summed E-state index contributed by atoms with van der Waals surface area (Å²) >= 11 is 1.55. The van der Waals surface area contributed by atoms with Crippen molar-refractivity contribution in [2.24, 2.45) is 5.92 Å². The molecule has 2 bridgehead atoms. The van der Waals surface area contributed by atoms with E-state index >= 15 is 4.39 Å². The summed E-state index contributed by atoms with van der Waals surface area (Å²) in [6.07, 6.45) is 6.74. The number of hydrogen-bond acceptors (Lipinski definition) is 17. The molecule has 4 aromatic carbocycles. The molecule has 23 heteroatoms. The minimum absolute atomic E-state index is 0.0355. The number of aliphatic hydroxyl groups excluding tert-OH is 1. The number of halogens is 1. The fraction of sp³-hybridized carbons (Fsp3) is 0.446. The lowest BCUT2D eigenvalue weighted by Gasteiger charge is -2.31. The number of aromatic nitrogens is 8. The number of anilines is 1. The van der Waals surface area contributed by atoms with Crippen LogP contribution in [0.1, 0.15) is 92.3 Å². The molecule has 0 unspecified atom stereocenters. The Hall–Kier alpha value is -8.09. The Balaban J connectivity index is 0.779. The van der Waals surface area contributed by atoms with E-state index in [0.29, 0.717) is 95.2 Å². The Bertz CT molecular complexity index is 4250. The van der Waals surface area contributed by atoms with E-state index in [1.165, 1.54) is 15.6 Å². The number of likely N-dealkylation sites (N-methyl/N-ethyl adjacent to an activating group) is 1. The van der Waals surface area contributed by atoms with Crippen LogP contribution in [0.25, 0.3) is 65.2 Å². The quantitative estimate of drug-likeness (QED) is 0.0512. The highest BCUT2D eigenvalue weighted by molar-refractivity contribution is 7.13. The zero-order valence-corrected chi connectivity index (χ0v) is 51.0. The average molecular weight is 1210 g/mol. The molecule has 14 rings (SSSR count). The molecule has 2 amide bonds. The largest absolute Gasteiger partial charge is 0.492 e. The number of hydrogen-bond donors (Lipinski definition) is 5. The molecule has 21 nitrogen and oxygen atoms in total. The first kappa shape index (κ1) is 57.6. The van der Waals surface area contributed by atoms with Gasteiger partial charge in [0.15, 0.2) is 11.3 Å². The first-order valence-electron chi connectivity index (χ1n) is 30.6. The molecule has 88 heavy (non-hydrogen) atoms. The molecular formula is C65H72FN13O8S. The molecule has 5 aromatic heterocycles. The maximum Gasteiger partial charge on any atom is 0.319 e. The van der Waals surface area contributed by atoms with Crippen LogP contribution >= 0.6 is 11.3 Å². The summed E-state index contributed by atoms with van der Waals surface area (Å²) in [5, 5.41) is 32.8. The van der Waals surface area contributed by atoms with Crippen molar-refractivity contribution in [2.75, 3.05) is 65.0 Å². The number of likely N-dealkylation sites (tertiary alicyclic amines) is 1. The molecule has 458 valence electrons. The van der Waals surface area contributed by atoms with E-state index in [1.54, 1.807) is 30.7 Å². The molecule has 5 fully saturated rings. The predicted molar refractivity (Wildman–Crippen MR) is 334 cm³/mol. The molecule has 5 atom stereocenters.